The fraction of sp³-hybridized carbons (Fsp3) is 0.818. The first-order chi connectivity index (χ1) is 7.27. The van der Waals surface area contributed by atoms with Crippen molar-refractivity contribution in [1.82, 2.24) is 5.32 Å². The molecule has 0 radical (unpaired) electrons. The van der Waals surface area contributed by atoms with Gasteiger partial charge in [-0.2, -0.15) is 5.26 Å². The van der Waals surface area contributed by atoms with Gasteiger partial charge in [0.2, 0.25) is 5.91 Å². The minimum atomic E-state index is -0.496. The fourth-order valence-corrected chi connectivity index (χ4v) is 1.67. The van der Waals surface area contributed by atoms with Gasteiger partial charge in [-0.25, -0.2) is 0 Å². The number of hydrogen-bond acceptors (Lipinski definition) is 3. The molecule has 1 N–H and O–H groups in total. The van der Waals surface area contributed by atoms with Gasteiger partial charge in [0.25, 0.3) is 0 Å². The van der Waals surface area contributed by atoms with Crippen LogP contribution in [0.5, 0.6) is 0 Å². The van der Waals surface area contributed by atoms with E-state index in [1.165, 1.54) is 0 Å². The van der Waals surface area contributed by atoms with Crippen LogP contribution in [0.2, 0.25) is 0 Å². The molecule has 4 nitrogen and oxygen atoms in total. The molecule has 84 valence electrons. The molecule has 1 heterocycles. The zero-order chi connectivity index (χ0) is 11.1. The van der Waals surface area contributed by atoms with Crippen molar-refractivity contribution in [3.05, 3.63) is 0 Å². The molecule has 1 rings (SSSR count). The standard InChI is InChI=1S/C11H18N2O2/c1-2-10(7-12)11(14)13-5-3-9-4-6-15-8-9/h9-10H,2-6,8H2,1H3,(H,13,14). The van der Waals surface area contributed by atoms with Gasteiger partial charge in [-0.05, 0) is 25.2 Å². The smallest absolute Gasteiger partial charge is 0.237 e. The van der Waals surface area contributed by atoms with E-state index in [0.717, 1.165) is 26.1 Å². The quantitative estimate of drug-likeness (QED) is 0.738. The summed E-state index contributed by atoms with van der Waals surface area (Å²) in [7, 11) is 0. The molecule has 1 aliphatic rings. The van der Waals surface area contributed by atoms with Crippen LogP contribution in [0.25, 0.3) is 0 Å². The first-order valence-electron chi connectivity index (χ1n) is 5.53. The van der Waals surface area contributed by atoms with E-state index in [9.17, 15) is 4.79 Å². The predicted octanol–water partition coefficient (Wildman–Crippen LogP) is 1.08. The summed E-state index contributed by atoms with van der Waals surface area (Å²) >= 11 is 0. The third-order valence-electron chi connectivity index (χ3n) is 2.76. The Labute approximate surface area is 90.6 Å². The van der Waals surface area contributed by atoms with Gasteiger partial charge in [-0.15, -0.1) is 0 Å². The Morgan fingerprint density at radius 2 is 2.53 bits per heavy atom. The Hall–Kier alpha value is -1.08. The van der Waals surface area contributed by atoms with Crippen LogP contribution >= 0.6 is 0 Å². The molecule has 0 aromatic heterocycles. The normalized spacial score (nSPS) is 22.0. The molecule has 1 amide bonds. The van der Waals surface area contributed by atoms with Gasteiger partial charge < -0.3 is 10.1 Å². The highest BCUT2D eigenvalue weighted by Gasteiger charge is 2.17. The molecular formula is C11H18N2O2. The van der Waals surface area contributed by atoms with Gasteiger partial charge in [-0.3, -0.25) is 4.79 Å². The summed E-state index contributed by atoms with van der Waals surface area (Å²) in [5.74, 6) is -0.0591. The van der Waals surface area contributed by atoms with E-state index in [1.807, 2.05) is 13.0 Å². The maximum atomic E-state index is 11.4. The lowest BCUT2D eigenvalue weighted by Crippen LogP contribution is -2.31. The second kappa shape index (κ2) is 6.41. The fourth-order valence-electron chi connectivity index (χ4n) is 1.67. The number of nitriles is 1. The van der Waals surface area contributed by atoms with Gasteiger partial charge in [-0.1, -0.05) is 6.92 Å². The predicted molar refractivity (Wildman–Crippen MR) is 55.9 cm³/mol. The molecule has 15 heavy (non-hydrogen) atoms. The van der Waals surface area contributed by atoms with E-state index in [-0.39, 0.29) is 5.91 Å². The monoisotopic (exact) mass is 210 g/mol. The molecule has 4 heteroatoms. The lowest BCUT2D eigenvalue weighted by atomic mass is 10.0. The minimum absolute atomic E-state index is 0.140. The lowest BCUT2D eigenvalue weighted by molar-refractivity contribution is -0.123. The topological polar surface area (TPSA) is 62.1 Å². The van der Waals surface area contributed by atoms with Crippen molar-refractivity contribution in [1.29, 1.82) is 5.26 Å². The Morgan fingerprint density at radius 3 is 3.07 bits per heavy atom. The third-order valence-corrected chi connectivity index (χ3v) is 2.76. The highest BCUT2D eigenvalue weighted by atomic mass is 16.5. The summed E-state index contributed by atoms with van der Waals surface area (Å²) in [5, 5.41) is 11.5. The van der Waals surface area contributed by atoms with E-state index in [2.05, 4.69) is 5.32 Å². The van der Waals surface area contributed by atoms with Gasteiger partial charge in [0.15, 0.2) is 0 Å². The molecule has 1 fully saturated rings. The average Bonchev–Trinajstić information content (AvgIpc) is 2.72. The number of ether oxygens (including phenoxy) is 1. The van der Waals surface area contributed by atoms with Crippen LogP contribution in [0.4, 0.5) is 0 Å². The van der Waals surface area contributed by atoms with E-state index < -0.39 is 5.92 Å². The van der Waals surface area contributed by atoms with Crippen LogP contribution in [0.15, 0.2) is 0 Å². The number of nitrogens with zero attached hydrogens (tertiary/aromatic N) is 1. The van der Waals surface area contributed by atoms with Crippen molar-refractivity contribution in [2.75, 3.05) is 19.8 Å². The number of carbonyl (C=O) groups excluding carboxylic acids is 1. The molecular weight excluding hydrogens is 192 g/mol. The van der Waals surface area contributed by atoms with Crippen LogP contribution in [0, 0.1) is 23.2 Å². The highest BCUT2D eigenvalue weighted by molar-refractivity contribution is 5.80. The van der Waals surface area contributed by atoms with Crippen LogP contribution in [0.1, 0.15) is 26.2 Å². The SMILES string of the molecule is CCC(C#N)C(=O)NCCC1CCOC1. The Balaban J connectivity index is 2.13. The summed E-state index contributed by atoms with van der Waals surface area (Å²) in [4.78, 5) is 11.4. The van der Waals surface area contributed by atoms with E-state index in [1.54, 1.807) is 0 Å². The van der Waals surface area contributed by atoms with Crippen molar-refractivity contribution in [2.45, 2.75) is 26.2 Å². The Bertz CT molecular complexity index is 241. The van der Waals surface area contributed by atoms with Gasteiger partial charge >= 0.3 is 0 Å². The summed E-state index contributed by atoms with van der Waals surface area (Å²) in [6.07, 6.45) is 2.62. The van der Waals surface area contributed by atoms with Crippen LogP contribution < -0.4 is 5.32 Å². The van der Waals surface area contributed by atoms with Crippen LogP contribution in [-0.2, 0) is 9.53 Å². The van der Waals surface area contributed by atoms with E-state index in [0.29, 0.717) is 18.9 Å². The summed E-state index contributed by atoms with van der Waals surface area (Å²) < 4.78 is 5.24. The number of nitrogens with one attached hydrogen (secondary N) is 1. The minimum Gasteiger partial charge on any atom is -0.381 e. The number of carbonyl (C=O) groups is 1. The Kier molecular flexibility index (Phi) is 5.13. The number of amides is 1. The number of rotatable bonds is 5. The number of hydrogen-bond donors (Lipinski definition) is 1. The molecule has 0 saturated carbocycles. The van der Waals surface area contributed by atoms with E-state index >= 15 is 0 Å². The molecule has 1 aliphatic heterocycles. The first-order valence-corrected chi connectivity index (χ1v) is 5.53. The molecule has 1 saturated heterocycles. The second-order valence-corrected chi connectivity index (χ2v) is 3.90. The first kappa shape index (κ1) is 12.0. The second-order valence-electron chi connectivity index (χ2n) is 3.90. The van der Waals surface area contributed by atoms with Gasteiger partial charge in [0.05, 0.1) is 6.07 Å². The van der Waals surface area contributed by atoms with Gasteiger partial charge in [0.1, 0.15) is 5.92 Å². The average molecular weight is 210 g/mol. The van der Waals surface area contributed by atoms with Crippen molar-refractivity contribution >= 4 is 5.91 Å². The summed E-state index contributed by atoms with van der Waals surface area (Å²) in [6, 6.07) is 1.99. The maximum absolute atomic E-state index is 11.4. The molecule has 0 spiro atoms. The molecule has 0 aromatic carbocycles. The third kappa shape index (κ3) is 3.88. The lowest BCUT2D eigenvalue weighted by Gasteiger charge is -2.10. The molecule has 0 aromatic rings. The summed E-state index contributed by atoms with van der Waals surface area (Å²) in [6.45, 7) is 4.16. The Morgan fingerprint density at radius 1 is 1.73 bits per heavy atom. The highest BCUT2D eigenvalue weighted by Crippen LogP contribution is 2.15. The maximum Gasteiger partial charge on any atom is 0.237 e. The summed E-state index contributed by atoms with van der Waals surface area (Å²) in [5.41, 5.74) is 0. The zero-order valence-corrected chi connectivity index (χ0v) is 9.16. The van der Waals surface area contributed by atoms with Crippen LogP contribution in [0.3, 0.4) is 0 Å². The molecule has 0 aliphatic carbocycles. The molecule has 0 bridgehead atoms. The molecule has 2 atom stereocenters. The van der Waals surface area contributed by atoms with Crippen LogP contribution in [-0.4, -0.2) is 25.7 Å². The van der Waals surface area contributed by atoms with Crippen molar-refractivity contribution < 1.29 is 9.53 Å². The van der Waals surface area contributed by atoms with Crippen molar-refractivity contribution in [2.24, 2.45) is 11.8 Å². The largest absolute Gasteiger partial charge is 0.381 e. The van der Waals surface area contributed by atoms with Gasteiger partial charge in [0, 0.05) is 19.8 Å². The van der Waals surface area contributed by atoms with Crippen molar-refractivity contribution in [3.63, 3.8) is 0 Å². The van der Waals surface area contributed by atoms with E-state index in [4.69, 9.17) is 10.00 Å². The van der Waals surface area contributed by atoms with Crippen molar-refractivity contribution in [3.8, 4) is 6.07 Å². The molecule has 2 unspecified atom stereocenters. The zero-order valence-electron chi connectivity index (χ0n) is 9.16.